The second kappa shape index (κ2) is 56.8. The summed E-state index contributed by atoms with van der Waals surface area (Å²) >= 11 is 0. The number of amides is 4. The average Bonchev–Trinajstić information content (AvgIpc) is 3.34. The van der Waals surface area contributed by atoms with Gasteiger partial charge in [0.2, 0.25) is 23.6 Å². The van der Waals surface area contributed by atoms with Gasteiger partial charge in [-0.25, -0.2) is 0 Å². The molecule has 9 nitrogen and oxygen atoms in total. The average molecular weight is 976 g/mol. The molecule has 0 bridgehead atoms. The van der Waals surface area contributed by atoms with Crippen molar-refractivity contribution in [2.75, 3.05) is 26.2 Å². The molecule has 0 aliphatic rings. The van der Waals surface area contributed by atoms with Crippen molar-refractivity contribution in [2.45, 2.75) is 335 Å². The highest BCUT2D eigenvalue weighted by Crippen LogP contribution is 2.17. The van der Waals surface area contributed by atoms with Crippen molar-refractivity contribution in [1.82, 2.24) is 21.3 Å². The van der Waals surface area contributed by atoms with Crippen LogP contribution in [0.15, 0.2) is 0 Å². The van der Waals surface area contributed by atoms with Crippen LogP contribution in [0.3, 0.4) is 0 Å². The normalized spacial score (nSPS) is 11.8. The number of unbranched alkanes of at least 4 members (excludes halogenated alkanes) is 42. The van der Waals surface area contributed by atoms with E-state index in [4.69, 9.17) is 0 Å². The Balaban J connectivity index is 3.43. The topological polar surface area (TPSA) is 137 Å². The van der Waals surface area contributed by atoms with Crippen LogP contribution in [0.5, 0.6) is 0 Å². The molecule has 0 aromatic heterocycles. The van der Waals surface area contributed by atoms with Crippen molar-refractivity contribution < 1.29 is 24.3 Å². The highest BCUT2D eigenvalue weighted by molar-refractivity contribution is 5.87. The predicted octanol–water partition coefficient (Wildman–Crippen LogP) is 16.0. The maximum Gasteiger partial charge on any atom is 0.249 e. The zero-order chi connectivity index (χ0) is 50.2. The smallest absolute Gasteiger partial charge is 0.249 e. The number of carbonyl (C=O) groups excluding carboxylic acids is 4. The third-order valence-corrected chi connectivity index (χ3v) is 14.2. The monoisotopic (exact) mass is 975 g/mol. The maximum atomic E-state index is 12.3. The number of nitrogens with one attached hydrogen (secondary N) is 4. The van der Waals surface area contributed by atoms with E-state index in [9.17, 15) is 24.3 Å². The minimum atomic E-state index is -1.35. The molecule has 4 amide bonds. The van der Waals surface area contributed by atoms with E-state index in [1.807, 2.05) is 0 Å². The first kappa shape index (κ1) is 66.8. The summed E-state index contributed by atoms with van der Waals surface area (Å²) in [5.74, 6) is -0.521. The molecule has 0 heterocycles. The lowest BCUT2D eigenvalue weighted by molar-refractivity contribution is -0.134. The molecular weight excluding hydrogens is 857 g/mol. The van der Waals surface area contributed by atoms with Gasteiger partial charge in [0.1, 0.15) is 6.10 Å². The summed E-state index contributed by atoms with van der Waals surface area (Å²) in [5.41, 5.74) is 0. The SMILES string of the molecule is CCCCCCCCCCCCCCCCCCCCCC(=O)NCCCCCCNC(=O)CC(O)C(=O)NCCCCCCNC(=O)CCCCCCCCCCCCCCCCCCCCC. The van der Waals surface area contributed by atoms with E-state index in [1.165, 1.54) is 218 Å². The number of aliphatic hydroxyl groups excluding tert-OH is 1. The van der Waals surface area contributed by atoms with Gasteiger partial charge in [-0.15, -0.1) is 0 Å². The van der Waals surface area contributed by atoms with Gasteiger partial charge in [-0.1, -0.05) is 271 Å². The van der Waals surface area contributed by atoms with Gasteiger partial charge in [0.05, 0.1) is 6.42 Å². The first-order valence-electron chi connectivity index (χ1n) is 30.7. The van der Waals surface area contributed by atoms with E-state index < -0.39 is 12.0 Å². The highest BCUT2D eigenvalue weighted by Gasteiger charge is 2.18. The summed E-state index contributed by atoms with van der Waals surface area (Å²) < 4.78 is 0. The van der Waals surface area contributed by atoms with Crippen LogP contribution in [0.2, 0.25) is 0 Å². The molecule has 0 saturated carbocycles. The minimum absolute atomic E-state index is 0.153. The number of hydrogen-bond acceptors (Lipinski definition) is 5. The Labute approximate surface area is 428 Å². The van der Waals surface area contributed by atoms with E-state index in [-0.39, 0.29) is 24.1 Å². The van der Waals surface area contributed by atoms with Gasteiger partial charge in [0.25, 0.3) is 0 Å². The van der Waals surface area contributed by atoms with E-state index in [0.29, 0.717) is 39.0 Å². The Morgan fingerprint density at radius 3 is 0.739 bits per heavy atom. The van der Waals surface area contributed by atoms with Crippen molar-refractivity contribution in [3.8, 4) is 0 Å². The number of hydrogen-bond donors (Lipinski definition) is 5. The summed E-state index contributed by atoms with van der Waals surface area (Å²) in [7, 11) is 0. The fraction of sp³-hybridized carbons (Fsp3) is 0.933. The first-order chi connectivity index (χ1) is 33.9. The summed E-state index contributed by atoms with van der Waals surface area (Å²) in [6.45, 7) is 6.93. The van der Waals surface area contributed by atoms with Crippen LogP contribution in [0.4, 0.5) is 0 Å². The molecule has 0 aromatic carbocycles. The van der Waals surface area contributed by atoms with Gasteiger partial charge in [0.15, 0.2) is 0 Å². The zero-order valence-electron chi connectivity index (χ0n) is 46.1. The predicted molar refractivity (Wildman–Crippen MR) is 296 cm³/mol. The van der Waals surface area contributed by atoms with E-state index in [2.05, 4.69) is 35.1 Å². The van der Waals surface area contributed by atoms with Crippen LogP contribution in [0.25, 0.3) is 0 Å². The zero-order valence-corrected chi connectivity index (χ0v) is 46.1. The summed E-state index contributed by atoms with van der Waals surface area (Å²) in [4.78, 5) is 48.9. The van der Waals surface area contributed by atoms with Crippen LogP contribution in [0.1, 0.15) is 328 Å². The molecule has 0 aliphatic heterocycles. The standard InChI is InChI=1S/C60H118N4O5/c1-3-5-7-9-11-13-15-17-19-21-23-25-27-29-31-33-35-37-43-49-57(66)61-51-45-39-40-47-53-63-59(68)55-56(65)60(69)64-54-48-42-41-46-52-62-58(67)50-44-38-36-34-32-30-28-26-24-22-20-18-16-14-12-10-8-6-4-2/h56,65H,3-55H2,1-2H3,(H,61,66)(H,62,67)(H,63,68)(H,64,69). The van der Waals surface area contributed by atoms with Crippen LogP contribution < -0.4 is 21.3 Å². The van der Waals surface area contributed by atoms with Gasteiger partial charge >= 0.3 is 0 Å². The highest BCUT2D eigenvalue weighted by atomic mass is 16.3. The molecule has 5 N–H and O–H groups in total. The van der Waals surface area contributed by atoms with E-state index in [0.717, 1.165) is 77.0 Å². The largest absolute Gasteiger partial charge is 0.383 e. The Morgan fingerprint density at radius 2 is 0.478 bits per heavy atom. The number of carbonyl (C=O) groups is 4. The van der Waals surface area contributed by atoms with Gasteiger partial charge < -0.3 is 26.4 Å². The Morgan fingerprint density at radius 1 is 0.275 bits per heavy atom. The molecule has 0 rings (SSSR count). The summed E-state index contributed by atoms with van der Waals surface area (Å²) in [6, 6.07) is 0. The molecule has 1 unspecified atom stereocenters. The van der Waals surface area contributed by atoms with Crippen LogP contribution in [0, 0.1) is 0 Å². The molecule has 1 atom stereocenters. The molecule has 0 aliphatic carbocycles. The number of aliphatic hydroxyl groups is 1. The molecule has 408 valence electrons. The molecule has 69 heavy (non-hydrogen) atoms. The maximum absolute atomic E-state index is 12.3. The fourth-order valence-electron chi connectivity index (χ4n) is 9.47. The van der Waals surface area contributed by atoms with E-state index >= 15 is 0 Å². The molecular formula is C60H118N4O5. The molecule has 0 fully saturated rings. The Kier molecular flexibility index (Phi) is 55.0. The molecule has 9 heteroatoms. The lowest BCUT2D eigenvalue weighted by atomic mass is 10.0. The Bertz CT molecular complexity index is 1110. The lowest BCUT2D eigenvalue weighted by Crippen LogP contribution is -2.39. The molecule has 0 aromatic rings. The summed E-state index contributed by atoms with van der Waals surface area (Å²) in [6.07, 6.45) is 58.4. The molecule has 0 saturated heterocycles. The molecule has 0 spiro atoms. The van der Waals surface area contributed by atoms with Crippen molar-refractivity contribution in [3.05, 3.63) is 0 Å². The lowest BCUT2D eigenvalue weighted by Gasteiger charge is -2.12. The van der Waals surface area contributed by atoms with Crippen LogP contribution >= 0.6 is 0 Å². The quantitative estimate of drug-likeness (QED) is 0.0387. The van der Waals surface area contributed by atoms with E-state index in [1.54, 1.807) is 0 Å². The van der Waals surface area contributed by atoms with Gasteiger partial charge in [-0.2, -0.15) is 0 Å². The summed E-state index contributed by atoms with van der Waals surface area (Å²) in [5, 5.41) is 21.8. The second-order valence-electron chi connectivity index (χ2n) is 21.1. The van der Waals surface area contributed by atoms with Crippen molar-refractivity contribution in [2.24, 2.45) is 0 Å². The van der Waals surface area contributed by atoms with Gasteiger partial charge in [-0.05, 0) is 38.5 Å². The first-order valence-corrected chi connectivity index (χ1v) is 30.7. The minimum Gasteiger partial charge on any atom is -0.383 e. The Hall–Kier alpha value is -2.16. The second-order valence-corrected chi connectivity index (χ2v) is 21.1. The van der Waals surface area contributed by atoms with Gasteiger partial charge in [0, 0.05) is 39.0 Å². The van der Waals surface area contributed by atoms with Gasteiger partial charge in [-0.3, -0.25) is 19.2 Å². The van der Waals surface area contributed by atoms with Crippen molar-refractivity contribution >= 4 is 23.6 Å². The van der Waals surface area contributed by atoms with Crippen molar-refractivity contribution in [3.63, 3.8) is 0 Å². The third-order valence-electron chi connectivity index (χ3n) is 14.2. The fourth-order valence-corrected chi connectivity index (χ4v) is 9.47. The molecule has 0 radical (unpaired) electrons. The number of rotatable bonds is 57. The third kappa shape index (κ3) is 55.0. The van der Waals surface area contributed by atoms with Crippen LogP contribution in [-0.2, 0) is 19.2 Å². The van der Waals surface area contributed by atoms with Crippen LogP contribution in [-0.4, -0.2) is 61.0 Å². The van der Waals surface area contributed by atoms with Crippen molar-refractivity contribution in [1.29, 1.82) is 0 Å².